The minimum Gasteiger partial charge on any atom is -0.478 e. The van der Waals surface area contributed by atoms with Gasteiger partial charge in [0, 0.05) is 30.5 Å². The number of aromatic carboxylic acids is 1. The van der Waals surface area contributed by atoms with E-state index in [0.717, 1.165) is 56.6 Å². The number of amides is 1. The number of rotatable bonds is 6. The van der Waals surface area contributed by atoms with Gasteiger partial charge in [-0.2, -0.15) is 0 Å². The SMILES string of the molecule is O=C(Nc1scc(C2CCc3ccccc3C2)c1C(=O)O)c1ccc(NC2CCOCC2)cc1. The lowest BCUT2D eigenvalue weighted by Crippen LogP contribution is -2.27. The van der Waals surface area contributed by atoms with E-state index >= 15 is 0 Å². The zero-order chi connectivity index (χ0) is 23.5. The van der Waals surface area contributed by atoms with Crippen LogP contribution in [0.15, 0.2) is 53.9 Å². The summed E-state index contributed by atoms with van der Waals surface area (Å²) in [4.78, 5) is 25.1. The number of thiophene rings is 1. The maximum atomic E-state index is 12.9. The molecule has 1 atom stereocenters. The van der Waals surface area contributed by atoms with E-state index in [2.05, 4.69) is 22.8 Å². The second kappa shape index (κ2) is 9.99. The largest absolute Gasteiger partial charge is 0.478 e. The van der Waals surface area contributed by atoms with Crippen LogP contribution in [0.25, 0.3) is 0 Å². The topological polar surface area (TPSA) is 87.7 Å². The number of nitrogens with one attached hydrogen (secondary N) is 2. The molecule has 1 aromatic heterocycles. The van der Waals surface area contributed by atoms with E-state index in [1.54, 1.807) is 12.1 Å². The summed E-state index contributed by atoms with van der Waals surface area (Å²) in [6.45, 7) is 1.53. The number of aryl methyl sites for hydroxylation is 1. The Labute approximate surface area is 203 Å². The van der Waals surface area contributed by atoms with Crippen LogP contribution < -0.4 is 10.6 Å². The summed E-state index contributed by atoms with van der Waals surface area (Å²) in [5.74, 6) is -1.16. The molecule has 1 amide bonds. The third kappa shape index (κ3) is 4.86. The summed E-state index contributed by atoms with van der Waals surface area (Å²) in [5.41, 5.74) is 5.12. The predicted molar refractivity (Wildman–Crippen MR) is 134 cm³/mol. The Bertz CT molecular complexity index is 1180. The molecule has 1 aliphatic carbocycles. The molecule has 2 heterocycles. The fourth-order valence-corrected chi connectivity index (χ4v) is 5.95. The first kappa shape index (κ1) is 22.6. The summed E-state index contributed by atoms with van der Waals surface area (Å²) in [7, 11) is 0. The molecule has 176 valence electrons. The number of carboxylic acid groups (broad SMARTS) is 1. The molecule has 0 bridgehead atoms. The molecule has 0 spiro atoms. The summed E-state index contributed by atoms with van der Waals surface area (Å²) < 4.78 is 5.39. The molecule has 2 aromatic carbocycles. The zero-order valence-corrected chi connectivity index (χ0v) is 19.7. The predicted octanol–water partition coefficient (Wildman–Crippen LogP) is 5.56. The van der Waals surface area contributed by atoms with E-state index in [1.807, 2.05) is 29.6 Å². The number of ether oxygens (including phenoxy) is 1. The van der Waals surface area contributed by atoms with Crippen molar-refractivity contribution in [3.63, 3.8) is 0 Å². The van der Waals surface area contributed by atoms with Crippen LogP contribution in [0.5, 0.6) is 0 Å². The van der Waals surface area contributed by atoms with Crippen molar-refractivity contribution in [2.24, 2.45) is 0 Å². The van der Waals surface area contributed by atoms with Gasteiger partial charge in [-0.15, -0.1) is 11.3 Å². The Morgan fingerprint density at radius 3 is 2.44 bits per heavy atom. The second-order valence-corrected chi connectivity index (χ2v) is 9.85. The van der Waals surface area contributed by atoms with Crippen LogP contribution in [-0.2, 0) is 17.6 Å². The van der Waals surface area contributed by atoms with Gasteiger partial charge in [-0.3, -0.25) is 4.79 Å². The summed E-state index contributed by atoms with van der Waals surface area (Å²) >= 11 is 1.29. The standard InChI is InChI=1S/C27H28N2O4S/c30-25(18-7-9-21(10-8-18)28-22-11-13-33-14-12-22)29-26-24(27(31)32)23(16-34-26)20-6-5-17-3-1-2-4-19(17)15-20/h1-4,7-10,16,20,22,28H,5-6,11-15H2,(H,29,30)(H,31,32). The average molecular weight is 477 g/mol. The molecule has 0 saturated carbocycles. The molecule has 7 heteroatoms. The van der Waals surface area contributed by atoms with Crippen LogP contribution >= 0.6 is 11.3 Å². The Morgan fingerprint density at radius 2 is 1.71 bits per heavy atom. The highest BCUT2D eigenvalue weighted by Crippen LogP contribution is 2.39. The first-order chi connectivity index (χ1) is 16.6. The van der Waals surface area contributed by atoms with Gasteiger partial charge in [0.1, 0.15) is 5.00 Å². The Hall–Kier alpha value is -3.16. The van der Waals surface area contributed by atoms with E-state index in [-0.39, 0.29) is 17.4 Å². The van der Waals surface area contributed by atoms with Gasteiger partial charge in [0.25, 0.3) is 5.91 Å². The Kier molecular flexibility index (Phi) is 6.65. The van der Waals surface area contributed by atoms with Gasteiger partial charge in [-0.1, -0.05) is 24.3 Å². The second-order valence-electron chi connectivity index (χ2n) is 8.97. The lowest BCUT2D eigenvalue weighted by Gasteiger charge is -2.24. The smallest absolute Gasteiger partial charge is 0.339 e. The minimum absolute atomic E-state index is 0.137. The van der Waals surface area contributed by atoms with Gasteiger partial charge in [-0.25, -0.2) is 4.79 Å². The molecule has 6 nitrogen and oxygen atoms in total. The molecule has 5 rings (SSSR count). The number of anilines is 2. The average Bonchev–Trinajstić information content (AvgIpc) is 3.28. The minimum atomic E-state index is -0.999. The summed E-state index contributed by atoms with van der Waals surface area (Å²) in [6, 6.07) is 16.0. The zero-order valence-electron chi connectivity index (χ0n) is 18.9. The first-order valence-electron chi connectivity index (χ1n) is 11.8. The molecule has 34 heavy (non-hydrogen) atoms. The molecule has 3 aromatic rings. The highest BCUT2D eigenvalue weighted by molar-refractivity contribution is 7.15. The van der Waals surface area contributed by atoms with Crippen LogP contribution in [0.4, 0.5) is 10.7 Å². The molecule has 1 aliphatic heterocycles. The van der Waals surface area contributed by atoms with Crippen molar-refractivity contribution >= 4 is 33.9 Å². The van der Waals surface area contributed by atoms with E-state index in [1.165, 1.54) is 22.5 Å². The van der Waals surface area contributed by atoms with Gasteiger partial charge in [0.15, 0.2) is 0 Å². The van der Waals surface area contributed by atoms with Crippen molar-refractivity contribution in [3.8, 4) is 0 Å². The Morgan fingerprint density at radius 1 is 0.971 bits per heavy atom. The normalized spacial score (nSPS) is 18.2. The van der Waals surface area contributed by atoms with Gasteiger partial charge >= 0.3 is 5.97 Å². The molecule has 2 aliphatic rings. The van der Waals surface area contributed by atoms with Crippen molar-refractivity contribution in [3.05, 3.63) is 81.7 Å². The van der Waals surface area contributed by atoms with E-state index in [4.69, 9.17) is 4.74 Å². The molecule has 1 fully saturated rings. The van der Waals surface area contributed by atoms with E-state index in [9.17, 15) is 14.7 Å². The molecule has 3 N–H and O–H groups in total. The van der Waals surface area contributed by atoms with Crippen LogP contribution in [0.1, 0.15) is 62.6 Å². The number of benzene rings is 2. The van der Waals surface area contributed by atoms with Gasteiger partial charge < -0.3 is 20.5 Å². The lowest BCUT2D eigenvalue weighted by atomic mass is 9.80. The fourth-order valence-electron chi connectivity index (χ4n) is 4.92. The fraction of sp³-hybridized carbons (Fsp3) is 0.333. The third-order valence-corrected chi connectivity index (χ3v) is 7.70. The number of carbonyl (C=O) groups is 2. The third-order valence-electron chi connectivity index (χ3n) is 6.79. The number of carbonyl (C=O) groups excluding carboxylic acids is 1. The summed E-state index contributed by atoms with van der Waals surface area (Å²) in [5, 5.41) is 18.6. The van der Waals surface area contributed by atoms with E-state index in [0.29, 0.717) is 16.6 Å². The van der Waals surface area contributed by atoms with Gasteiger partial charge in [0.2, 0.25) is 0 Å². The highest BCUT2D eigenvalue weighted by atomic mass is 32.1. The number of hydrogen-bond acceptors (Lipinski definition) is 5. The first-order valence-corrected chi connectivity index (χ1v) is 12.6. The number of hydrogen-bond donors (Lipinski definition) is 3. The van der Waals surface area contributed by atoms with Crippen LogP contribution in [-0.4, -0.2) is 36.2 Å². The van der Waals surface area contributed by atoms with Gasteiger partial charge in [-0.05, 0) is 84.4 Å². The van der Waals surface area contributed by atoms with Crippen molar-refractivity contribution < 1.29 is 19.4 Å². The molecule has 1 unspecified atom stereocenters. The van der Waals surface area contributed by atoms with Crippen LogP contribution in [0, 0.1) is 0 Å². The maximum absolute atomic E-state index is 12.9. The lowest BCUT2D eigenvalue weighted by molar-refractivity contribution is 0.0696. The van der Waals surface area contributed by atoms with Crippen LogP contribution in [0.2, 0.25) is 0 Å². The Balaban J connectivity index is 1.29. The molecule has 0 radical (unpaired) electrons. The van der Waals surface area contributed by atoms with E-state index < -0.39 is 5.97 Å². The highest BCUT2D eigenvalue weighted by Gasteiger charge is 2.28. The van der Waals surface area contributed by atoms with Crippen LogP contribution in [0.3, 0.4) is 0 Å². The monoisotopic (exact) mass is 476 g/mol. The van der Waals surface area contributed by atoms with Crippen molar-refractivity contribution in [1.29, 1.82) is 0 Å². The number of fused-ring (bicyclic) bond motifs is 1. The van der Waals surface area contributed by atoms with Crippen molar-refractivity contribution in [2.45, 2.75) is 44.1 Å². The quantitative estimate of drug-likeness (QED) is 0.433. The van der Waals surface area contributed by atoms with Crippen molar-refractivity contribution in [1.82, 2.24) is 0 Å². The number of carboxylic acids is 1. The molecular weight excluding hydrogens is 448 g/mol. The maximum Gasteiger partial charge on any atom is 0.339 e. The van der Waals surface area contributed by atoms with Gasteiger partial charge in [0.05, 0.1) is 5.56 Å². The van der Waals surface area contributed by atoms with Crippen molar-refractivity contribution in [2.75, 3.05) is 23.8 Å². The summed E-state index contributed by atoms with van der Waals surface area (Å²) in [6.07, 6.45) is 4.60. The molecular formula is C27H28N2O4S. The molecule has 1 saturated heterocycles.